The molecule has 0 aliphatic heterocycles. The predicted molar refractivity (Wildman–Crippen MR) is 115 cm³/mol. The maximum absolute atomic E-state index is 13.1. The van der Waals surface area contributed by atoms with Gasteiger partial charge < -0.3 is 20.4 Å². The van der Waals surface area contributed by atoms with Crippen LogP contribution in [0.3, 0.4) is 0 Å². The topological polar surface area (TPSA) is 83.2 Å². The van der Waals surface area contributed by atoms with Gasteiger partial charge in [0, 0.05) is 29.6 Å². The molecule has 2 aromatic rings. The van der Waals surface area contributed by atoms with Crippen molar-refractivity contribution < 1.29 is 14.3 Å². The van der Waals surface area contributed by atoms with Gasteiger partial charge in [0.05, 0.1) is 6.61 Å². The van der Waals surface area contributed by atoms with Crippen LogP contribution in [0.4, 0.5) is 4.79 Å². The van der Waals surface area contributed by atoms with E-state index in [1.54, 1.807) is 0 Å². The molecule has 2 amide bonds. The zero-order valence-corrected chi connectivity index (χ0v) is 17.7. The Hall–Kier alpha value is -2.50. The monoisotopic (exact) mass is 399 g/mol. The Labute approximate surface area is 172 Å². The Morgan fingerprint density at radius 2 is 1.97 bits per heavy atom. The smallest absolute Gasteiger partial charge is 0.407 e. The second-order valence-electron chi connectivity index (χ2n) is 8.63. The highest BCUT2D eigenvalue weighted by atomic mass is 16.5. The van der Waals surface area contributed by atoms with Gasteiger partial charge in [-0.3, -0.25) is 4.79 Å². The highest BCUT2D eigenvalue weighted by Gasteiger charge is 2.28. The van der Waals surface area contributed by atoms with Crippen LogP contribution < -0.4 is 10.6 Å². The maximum Gasteiger partial charge on any atom is 0.407 e. The summed E-state index contributed by atoms with van der Waals surface area (Å²) in [4.78, 5) is 28.6. The number of H-pyrrole nitrogens is 1. The van der Waals surface area contributed by atoms with Gasteiger partial charge in [0.15, 0.2) is 0 Å². The Morgan fingerprint density at radius 3 is 2.72 bits per heavy atom. The summed E-state index contributed by atoms with van der Waals surface area (Å²) in [5, 5.41) is 7.04. The fraction of sp³-hybridized carbons (Fsp3) is 0.565. The van der Waals surface area contributed by atoms with Crippen LogP contribution in [0.25, 0.3) is 10.9 Å². The third kappa shape index (κ3) is 5.75. The number of fused-ring (bicyclic) bond motifs is 1. The molecule has 1 saturated carbocycles. The molecule has 3 atom stereocenters. The number of ether oxygens (including phenoxy) is 1. The second-order valence-corrected chi connectivity index (χ2v) is 8.63. The van der Waals surface area contributed by atoms with Crippen molar-refractivity contribution in [3.05, 3.63) is 36.0 Å². The van der Waals surface area contributed by atoms with Crippen molar-refractivity contribution in [2.45, 2.75) is 65.0 Å². The molecular formula is C23H33N3O3. The summed E-state index contributed by atoms with van der Waals surface area (Å²) in [7, 11) is 0. The molecule has 0 unspecified atom stereocenters. The highest BCUT2D eigenvalue weighted by molar-refractivity contribution is 5.88. The van der Waals surface area contributed by atoms with E-state index in [9.17, 15) is 9.59 Å². The van der Waals surface area contributed by atoms with Crippen molar-refractivity contribution in [2.24, 2.45) is 11.8 Å². The van der Waals surface area contributed by atoms with Gasteiger partial charge >= 0.3 is 6.09 Å². The number of amides is 2. The van der Waals surface area contributed by atoms with E-state index in [4.69, 9.17) is 4.74 Å². The van der Waals surface area contributed by atoms with Crippen LogP contribution in [0.1, 0.15) is 52.0 Å². The molecule has 1 aliphatic rings. The number of para-hydroxylation sites is 1. The van der Waals surface area contributed by atoms with E-state index in [2.05, 4.69) is 22.5 Å². The minimum absolute atomic E-state index is 0.143. The van der Waals surface area contributed by atoms with E-state index >= 15 is 0 Å². The molecule has 1 aliphatic carbocycles. The maximum atomic E-state index is 13.1. The highest BCUT2D eigenvalue weighted by Crippen LogP contribution is 2.24. The van der Waals surface area contributed by atoms with E-state index in [1.807, 2.05) is 44.3 Å². The Morgan fingerprint density at radius 1 is 1.21 bits per heavy atom. The molecule has 158 valence electrons. The molecule has 0 spiro atoms. The molecule has 0 bridgehead atoms. The van der Waals surface area contributed by atoms with Gasteiger partial charge in [-0.2, -0.15) is 0 Å². The molecule has 1 aromatic carbocycles. The minimum atomic E-state index is -0.678. The van der Waals surface area contributed by atoms with Crippen molar-refractivity contribution in [1.29, 1.82) is 0 Å². The van der Waals surface area contributed by atoms with E-state index in [-0.39, 0.29) is 17.9 Å². The first-order valence-electron chi connectivity index (χ1n) is 10.7. The lowest BCUT2D eigenvalue weighted by Crippen LogP contribution is -2.52. The number of benzene rings is 1. The van der Waals surface area contributed by atoms with Crippen molar-refractivity contribution in [3.8, 4) is 0 Å². The first kappa shape index (κ1) is 21.2. The number of hydrogen-bond donors (Lipinski definition) is 3. The fourth-order valence-electron chi connectivity index (χ4n) is 3.97. The number of hydrogen-bond acceptors (Lipinski definition) is 3. The number of nitrogens with one attached hydrogen (secondary N) is 3. The first-order chi connectivity index (χ1) is 13.9. The summed E-state index contributed by atoms with van der Waals surface area (Å²) in [5.41, 5.74) is 2.02. The molecule has 29 heavy (non-hydrogen) atoms. The van der Waals surface area contributed by atoms with Gasteiger partial charge in [-0.25, -0.2) is 4.79 Å². The molecule has 0 saturated heterocycles. The summed E-state index contributed by atoms with van der Waals surface area (Å²) in [5.74, 6) is 0.551. The van der Waals surface area contributed by atoms with E-state index in [1.165, 1.54) is 6.42 Å². The van der Waals surface area contributed by atoms with Crippen LogP contribution in [0, 0.1) is 11.8 Å². The van der Waals surface area contributed by atoms with Crippen LogP contribution in [0.15, 0.2) is 30.5 Å². The van der Waals surface area contributed by atoms with Crippen molar-refractivity contribution in [3.63, 3.8) is 0 Å². The molecule has 1 aromatic heterocycles. The lowest BCUT2D eigenvalue weighted by Gasteiger charge is -2.31. The summed E-state index contributed by atoms with van der Waals surface area (Å²) in [6.45, 7) is 6.47. The lowest BCUT2D eigenvalue weighted by atomic mass is 9.85. The minimum Gasteiger partial charge on any atom is -0.449 e. The third-order valence-electron chi connectivity index (χ3n) is 5.69. The van der Waals surface area contributed by atoms with Gasteiger partial charge in [-0.05, 0) is 36.3 Å². The molecule has 0 radical (unpaired) electrons. The van der Waals surface area contributed by atoms with Gasteiger partial charge in [0.2, 0.25) is 5.91 Å². The molecule has 3 N–H and O–H groups in total. The fourth-order valence-corrected chi connectivity index (χ4v) is 3.97. The van der Waals surface area contributed by atoms with Crippen LogP contribution in [-0.4, -0.2) is 35.7 Å². The van der Waals surface area contributed by atoms with Crippen LogP contribution in [0.2, 0.25) is 0 Å². The summed E-state index contributed by atoms with van der Waals surface area (Å²) in [6.07, 6.45) is 6.24. The van der Waals surface area contributed by atoms with Gasteiger partial charge in [-0.15, -0.1) is 0 Å². The van der Waals surface area contributed by atoms with Gasteiger partial charge in [0.1, 0.15) is 6.04 Å². The average Bonchev–Trinajstić information content (AvgIpc) is 3.10. The zero-order valence-electron chi connectivity index (χ0n) is 17.7. The number of rotatable bonds is 7. The number of carbonyl (C=O) groups excluding carboxylic acids is 2. The molecular weight excluding hydrogens is 366 g/mol. The van der Waals surface area contributed by atoms with Gasteiger partial charge in [-0.1, -0.05) is 51.8 Å². The average molecular weight is 400 g/mol. The molecule has 1 heterocycles. The van der Waals surface area contributed by atoms with Crippen molar-refractivity contribution in [2.75, 3.05) is 6.61 Å². The Balaban J connectivity index is 1.73. The SMILES string of the molecule is CC(C)COC(=O)N[C@@H](Cc1c[nH]c2ccccc12)C(=O)N[C@@H]1CCCC[C@H]1C. The van der Waals surface area contributed by atoms with Crippen LogP contribution in [0.5, 0.6) is 0 Å². The Kier molecular flexibility index (Phi) is 7.18. The number of alkyl carbamates (subject to hydrolysis) is 1. The summed E-state index contributed by atoms with van der Waals surface area (Å²) >= 11 is 0. The zero-order chi connectivity index (χ0) is 20.8. The number of aromatic nitrogens is 1. The van der Waals surface area contributed by atoms with Gasteiger partial charge in [0.25, 0.3) is 0 Å². The quantitative estimate of drug-likeness (QED) is 0.654. The summed E-state index contributed by atoms with van der Waals surface area (Å²) in [6, 6.07) is 7.46. The van der Waals surface area contributed by atoms with E-state index < -0.39 is 12.1 Å². The van der Waals surface area contributed by atoms with Crippen molar-refractivity contribution >= 4 is 22.9 Å². The van der Waals surface area contributed by atoms with E-state index in [0.29, 0.717) is 18.9 Å². The standard InChI is InChI=1S/C23H33N3O3/c1-15(2)14-29-23(28)26-21(22(27)25-19-10-6-4-8-16(19)3)12-17-13-24-20-11-7-5-9-18(17)20/h5,7,9,11,13,15-16,19,21,24H,4,6,8,10,12,14H2,1-3H3,(H,25,27)(H,26,28)/t16-,19-,21+/m1/s1. The molecule has 6 heteroatoms. The Bertz CT molecular complexity index is 830. The first-order valence-corrected chi connectivity index (χ1v) is 10.7. The molecule has 1 fully saturated rings. The largest absolute Gasteiger partial charge is 0.449 e. The van der Waals surface area contributed by atoms with Crippen LogP contribution in [-0.2, 0) is 16.0 Å². The number of carbonyl (C=O) groups is 2. The third-order valence-corrected chi connectivity index (χ3v) is 5.69. The summed E-state index contributed by atoms with van der Waals surface area (Å²) < 4.78 is 5.26. The van der Waals surface area contributed by atoms with Crippen molar-refractivity contribution in [1.82, 2.24) is 15.6 Å². The van der Waals surface area contributed by atoms with E-state index in [0.717, 1.165) is 35.7 Å². The number of aromatic amines is 1. The molecule has 6 nitrogen and oxygen atoms in total. The normalized spacial score (nSPS) is 20.4. The molecule has 3 rings (SSSR count). The lowest BCUT2D eigenvalue weighted by molar-refractivity contribution is -0.124. The second kappa shape index (κ2) is 9.81. The predicted octanol–water partition coefficient (Wildman–Crippen LogP) is 4.16. The van der Waals surface area contributed by atoms with Crippen LogP contribution >= 0.6 is 0 Å².